The van der Waals surface area contributed by atoms with E-state index >= 15 is 0 Å². The molecule has 3 heterocycles. The summed E-state index contributed by atoms with van der Waals surface area (Å²) in [5.74, 6) is 0.934. The largest absolute Gasteiger partial charge is 0.328 e. The summed E-state index contributed by atoms with van der Waals surface area (Å²) < 4.78 is 1.98. The Morgan fingerprint density at radius 1 is 1.17 bits per heavy atom. The number of benzene rings is 1. The molecule has 1 saturated heterocycles. The van der Waals surface area contributed by atoms with Gasteiger partial charge in [-0.25, -0.2) is 0 Å². The highest BCUT2D eigenvalue weighted by Crippen LogP contribution is 2.32. The molecule has 0 spiro atoms. The van der Waals surface area contributed by atoms with Crippen molar-refractivity contribution in [3.63, 3.8) is 0 Å². The lowest BCUT2D eigenvalue weighted by molar-refractivity contribution is 0.0728. The maximum atomic E-state index is 13.1. The lowest BCUT2D eigenvalue weighted by Gasteiger charge is -2.24. The fourth-order valence-corrected chi connectivity index (χ4v) is 3.57. The van der Waals surface area contributed by atoms with Crippen LogP contribution in [0.15, 0.2) is 42.6 Å². The number of aromatic nitrogens is 3. The topological polar surface area (TPSA) is 50.5 Å². The number of rotatable bonds is 2. The Morgan fingerprint density at radius 3 is 2.88 bits per heavy atom. The molecule has 5 heteroatoms. The Morgan fingerprint density at radius 2 is 2.04 bits per heavy atom. The number of likely N-dealkylation sites (tertiary alicyclic amines) is 1. The van der Waals surface area contributed by atoms with Gasteiger partial charge in [-0.2, -0.15) is 0 Å². The second-order valence-electron chi connectivity index (χ2n) is 6.46. The van der Waals surface area contributed by atoms with Crippen molar-refractivity contribution >= 4 is 11.6 Å². The van der Waals surface area contributed by atoms with Crippen LogP contribution in [0.5, 0.6) is 0 Å². The number of carbonyl (C=O) groups excluding carboxylic acids is 1. The third-order valence-electron chi connectivity index (χ3n) is 4.76. The number of amides is 1. The molecule has 2 aromatic heterocycles. The normalized spacial score (nSPS) is 17.6. The Bertz CT molecular complexity index is 915. The summed E-state index contributed by atoms with van der Waals surface area (Å²) in [7, 11) is 0. The molecule has 0 bridgehead atoms. The van der Waals surface area contributed by atoms with Gasteiger partial charge in [0.05, 0.1) is 6.04 Å². The molecule has 3 aromatic rings. The molecule has 5 nitrogen and oxygen atoms in total. The second-order valence-corrected chi connectivity index (χ2v) is 6.46. The van der Waals surface area contributed by atoms with Crippen molar-refractivity contribution in [3.05, 3.63) is 65.1 Å². The van der Waals surface area contributed by atoms with E-state index < -0.39 is 0 Å². The Hall–Kier alpha value is -2.69. The smallest absolute Gasteiger partial charge is 0.254 e. The Balaban J connectivity index is 1.71. The van der Waals surface area contributed by atoms with E-state index in [1.165, 1.54) is 5.56 Å². The maximum absolute atomic E-state index is 13.1. The van der Waals surface area contributed by atoms with Crippen molar-refractivity contribution in [2.24, 2.45) is 0 Å². The van der Waals surface area contributed by atoms with Gasteiger partial charge in [0.15, 0.2) is 11.5 Å². The van der Waals surface area contributed by atoms with Crippen molar-refractivity contribution in [2.75, 3.05) is 6.54 Å². The van der Waals surface area contributed by atoms with Gasteiger partial charge in [-0.1, -0.05) is 23.8 Å². The van der Waals surface area contributed by atoms with Gasteiger partial charge in [0.2, 0.25) is 0 Å². The number of hydrogen-bond acceptors (Lipinski definition) is 3. The molecular weight excluding hydrogens is 300 g/mol. The highest BCUT2D eigenvalue weighted by molar-refractivity contribution is 5.96. The molecule has 0 radical (unpaired) electrons. The molecule has 4 rings (SSSR count). The average molecular weight is 320 g/mol. The number of nitrogens with zero attached hydrogens (tertiary/aromatic N) is 4. The van der Waals surface area contributed by atoms with Gasteiger partial charge >= 0.3 is 0 Å². The summed E-state index contributed by atoms with van der Waals surface area (Å²) >= 11 is 0. The maximum Gasteiger partial charge on any atom is 0.254 e. The molecule has 1 amide bonds. The zero-order chi connectivity index (χ0) is 16.7. The predicted molar refractivity (Wildman–Crippen MR) is 91.9 cm³/mol. The zero-order valence-corrected chi connectivity index (χ0v) is 13.9. The van der Waals surface area contributed by atoms with Crippen molar-refractivity contribution in [2.45, 2.75) is 32.7 Å². The summed E-state index contributed by atoms with van der Waals surface area (Å²) in [5.41, 5.74) is 3.79. The first-order valence-corrected chi connectivity index (χ1v) is 8.33. The average Bonchev–Trinajstić information content (AvgIpc) is 3.20. The number of carbonyl (C=O) groups is 1. The SMILES string of the molecule is Cc1ccc(C(=O)N2CCCC2c2nnc3ccccn23)c(C)c1. The molecule has 24 heavy (non-hydrogen) atoms. The van der Waals surface area contributed by atoms with Crippen molar-refractivity contribution in [3.8, 4) is 0 Å². The van der Waals surface area contributed by atoms with E-state index in [4.69, 9.17) is 0 Å². The fraction of sp³-hybridized carbons (Fsp3) is 0.316. The minimum Gasteiger partial charge on any atom is -0.328 e. The molecule has 122 valence electrons. The molecule has 0 saturated carbocycles. The first-order chi connectivity index (χ1) is 11.6. The monoisotopic (exact) mass is 320 g/mol. The van der Waals surface area contributed by atoms with Crippen LogP contribution in [0.4, 0.5) is 0 Å². The molecule has 0 N–H and O–H groups in total. The summed E-state index contributed by atoms with van der Waals surface area (Å²) in [4.78, 5) is 15.0. The van der Waals surface area contributed by atoms with Crippen LogP contribution in [-0.2, 0) is 0 Å². The van der Waals surface area contributed by atoms with Gasteiger partial charge in [0, 0.05) is 18.3 Å². The third kappa shape index (κ3) is 2.37. The number of pyridine rings is 1. The first kappa shape index (κ1) is 14.9. The fourth-order valence-electron chi connectivity index (χ4n) is 3.57. The van der Waals surface area contributed by atoms with Crippen LogP contribution in [0.3, 0.4) is 0 Å². The Labute approximate surface area is 140 Å². The van der Waals surface area contributed by atoms with Crippen molar-refractivity contribution < 1.29 is 4.79 Å². The van der Waals surface area contributed by atoms with Crippen LogP contribution < -0.4 is 0 Å². The summed E-state index contributed by atoms with van der Waals surface area (Å²) in [5, 5.41) is 8.59. The van der Waals surface area contributed by atoms with Crippen LogP contribution >= 0.6 is 0 Å². The van der Waals surface area contributed by atoms with Gasteiger partial charge in [-0.05, 0) is 50.5 Å². The molecule has 1 aliphatic heterocycles. The highest BCUT2D eigenvalue weighted by Gasteiger charge is 2.34. The molecule has 1 unspecified atom stereocenters. The van der Waals surface area contributed by atoms with E-state index in [1.54, 1.807) is 0 Å². The number of aryl methyl sites for hydroxylation is 2. The van der Waals surface area contributed by atoms with Gasteiger partial charge in [-0.15, -0.1) is 10.2 Å². The third-order valence-corrected chi connectivity index (χ3v) is 4.76. The second kappa shape index (κ2) is 5.74. The summed E-state index contributed by atoms with van der Waals surface area (Å²) in [6.45, 7) is 4.80. The van der Waals surface area contributed by atoms with E-state index in [2.05, 4.69) is 16.3 Å². The first-order valence-electron chi connectivity index (χ1n) is 8.33. The lowest BCUT2D eigenvalue weighted by atomic mass is 10.0. The lowest BCUT2D eigenvalue weighted by Crippen LogP contribution is -2.32. The van der Waals surface area contributed by atoms with Gasteiger partial charge < -0.3 is 4.90 Å². The number of fused-ring (bicyclic) bond motifs is 1. The molecule has 1 aromatic carbocycles. The van der Waals surface area contributed by atoms with Gasteiger partial charge in [-0.3, -0.25) is 9.20 Å². The van der Waals surface area contributed by atoms with E-state index in [1.807, 2.05) is 59.7 Å². The quantitative estimate of drug-likeness (QED) is 0.728. The van der Waals surface area contributed by atoms with Crippen LogP contribution in [0.2, 0.25) is 0 Å². The van der Waals surface area contributed by atoms with E-state index in [-0.39, 0.29) is 11.9 Å². The highest BCUT2D eigenvalue weighted by atomic mass is 16.2. The van der Waals surface area contributed by atoms with Crippen molar-refractivity contribution in [1.29, 1.82) is 0 Å². The molecular formula is C19H20N4O. The minimum absolute atomic E-state index is 0.0180. The van der Waals surface area contributed by atoms with Gasteiger partial charge in [0.1, 0.15) is 0 Å². The molecule has 1 atom stereocenters. The van der Waals surface area contributed by atoms with Crippen LogP contribution in [0.25, 0.3) is 5.65 Å². The summed E-state index contributed by atoms with van der Waals surface area (Å²) in [6.07, 6.45) is 3.87. The zero-order valence-electron chi connectivity index (χ0n) is 13.9. The predicted octanol–water partition coefficient (Wildman–Crippen LogP) is 3.32. The van der Waals surface area contributed by atoms with Gasteiger partial charge in [0.25, 0.3) is 5.91 Å². The van der Waals surface area contributed by atoms with Crippen LogP contribution in [-0.4, -0.2) is 31.9 Å². The molecule has 1 fully saturated rings. The van der Waals surface area contributed by atoms with Crippen LogP contribution in [0.1, 0.15) is 46.2 Å². The number of hydrogen-bond donors (Lipinski definition) is 0. The van der Waals surface area contributed by atoms with Crippen LogP contribution in [0, 0.1) is 13.8 Å². The minimum atomic E-state index is -0.0180. The molecule has 1 aliphatic rings. The summed E-state index contributed by atoms with van der Waals surface area (Å²) in [6, 6.07) is 11.8. The van der Waals surface area contributed by atoms with Crippen molar-refractivity contribution in [1.82, 2.24) is 19.5 Å². The Kier molecular flexibility index (Phi) is 3.56. The standard InChI is InChI=1S/C19H20N4O/c1-13-8-9-15(14(2)12-13)19(24)22-11-5-6-16(22)18-21-20-17-7-3-4-10-23(17)18/h3-4,7-10,12,16H,5-6,11H2,1-2H3. The van der Waals surface area contributed by atoms with E-state index in [0.29, 0.717) is 0 Å². The van der Waals surface area contributed by atoms with E-state index in [0.717, 1.165) is 42.0 Å². The van der Waals surface area contributed by atoms with E-state index in [9.17, 15) is 4.79 Å². The molecule has 0 aliphatic carbocycles.